The first-order valence-electron chi connectivity index (χ1n) is 6.21. The Morgan fingerprint density at radius 3 is 2.95 bits per heavy atom. The topological polar surface area (TPSA) is 81.6 Å². The Kier molecular flexibility index (Phi) is 4.59. The van der Waals surface area contributed by atoms with Crippen LogP contribution in [0.2, 0.25) is 0 Å². The molecule has 2 rings (SSSR count). The van der Waals surface area contributed by atoms with Gasteiger partial charge < -0.3 is 21.1 Å². The smallest absolute Gasteiger partial charge is 0.261 e. The maximum atomic E-state index is 11.4. The molecular weight excluding hydrogens is 282 g/mol. The normalized spacial score (nSPS) is 19.7. The van der Waals surface area contributed by atoms with Crippen LogP contribution in [0.1, 0.15) is 23.0 Å². The predicted molar refractivity (Wildman–Crippen MR) is 81.3 cm³/mol. The summed E-state index contributed by atoms with van der Waals surface area (Å²) in [6.45, 7) is 4.47. The van der Waals surface area contributed by atoms with E-state index in [1.807, 2.05) is 6.26 Å². The van der Waals surface area contributed by atoms with Gasteiger partial charge in [0.15, 0.2) is 0 Å². The third kappa shape index (κ3) is 2.82. The number of nitrogens with two attached hydrogens (primary N) is 2. The third-order valence-corrected chi connectivity index (χ3v) is 5.42. The van der Waals surface area contributed by atoms with Gasteiger partial charge in [-0.1, -0.05) is 6.92 Å². The Balaban J connectivity index is 2.33. The van der Waals surface area contributed by atoms with Crippen molar-refractivity contribution in [2.24, 2.45) is 5.73 Å². The highest BCUT2D eigenvalue weighted by Crippen LogP contribution is 2.44. The third-order valence-electron chi connectivity index (χ3n) is 3.19. The van der Waals surface area contributed by atoms with E-state index in [4.69, 9.17) is 16.2 Å². The molecule has 4 N–H and O–H groups in total. The average molecular weight is 301 g/mol. The molecule has 0 spiro atoms. The number of morpholine rings is 1. The highest BCUT2D eigenvalue weighted by molar-refractivity contribution is 7.99. The van der Waals surface area contributed by atoms with E-state index in [1.54, 1.807) is 11.8 Å². The van der Waals surface area contributed by atoms with Gasteiger partial charge in [-0.3, -0.25) is 4.79 Å². The minimum atomic E-state index is -0.454. The van der Waals surface area contributed by atoms with Gasteiger partial charge in [0.2, 0.25) is 0 Å². The summed E-state index contributed by atoms with van der Waals surface area (Å²) in [7, 11) is 0. The Hall–Kier alpha value is -0.920. The van der Waals surface area contributed by atoms with Crippen molar-refractivity contribution in [1.82, 2.24) is 0 Å². The van der Waals surface area contributed by atoms with Crippen molar-refractivity contribution < 1.29 is 9.53 Å². The summed E-state index contributed by atoms with van der Waals surface area (Å²) in [4.78, 5) is 15.1. The summed E-state index contributed by atoms with van der Waals surface area (Å²) in [6.07, 6.45) is 3.18. The molecule has 7 heteroatoms. The monoisotopic (exact) mass is 301 g/mol. The Labute approximate surface area is 121 Å². The molecule has 106 valence electrons. The first kappa shape index (κ1) is 14.5. The molecule has 5 nitrogen and oxygen atoms in total. The lowest BCUT2D eigenvalue weighted by molar-refractivity contribution is 0.0385. The number of nitrogen functional groups attached to an aromatic ring is 1. The van der Waals surface area contributed by atoms with Gasteiger partial charge in [-0.25, -0.2) is 0 Å². The van der Waals surface area contributed by atoms with Crippen LogP contribution in [-0.2, 0) is 4.74 Å². The van der Waals surface area contributed by atoms with Crippen LogP contribution in [0.3, 0.4) is 0 Å². The lowest BCUT2D eigenvalue weighted by Crippen LogP contribution is -2.42. The Morgan fingerprint density at radius 1 is 1.63 bits per heavy atom. The zero-order valence-corrected chi connectivity index (χ0v) is 12.8. The number of nitrogens with zero attached hydrogens (tertiary/aromatic N) is 1. The van der Waals surface area contributed by atoms with Crippen LogP contribution < -0.4 is 16.4 Å². The molecule has 1 aliphatic heterocycles. The maximum Gasteiger partial charge on any atom is 0.261 e. The van der Waals surface area contributed by atoms with Crippen LogP contribution in [0.4, 0.5) is 10.7 Å². The molecule has 1 atom stereocenters. The quantitative estimate of drug-likeness (QED) is 0.828. The van der Waals surface area contributed by atoms with Crippen LogP contribution in [0, 0.1) is 0 Å². The van der Waals surface area contributed by atoms with Gasteiger partial charge in [0.05, 0.1) is 23.3 Å². The molecule has 0 aromatic carbocycles. The molecule has 0 radical (unpaired) electrons. The molecule has 0 saturated carbocycles. The highest BCUT2D eigenvalue weighted by Gasteiger charge is 2.26. The first-order chi connectivity index (χ1) is 9.08. The fraction of sp³-hybridized carbons (Fsp3) is 0.583. The van der Waals surface area contributed by atoms with Crippen LogP contribution >= 0.6 is 23.1 Å². The zero-order chi connectivity index (χ0) is 14.0. The number of carbonyl (C=O) groups excluding carboxylic acids is 1. The number of hydrogen-bond acceptors (Lipinski definition) is 6. The Bertz CT molecular complexity index is 476. The van der Waals surface area contributed by atoms with E-state index in [-0.39, 0.29) is 6.10 Å². The van der Waals surface area contributed by atoms with Crippen LogP contribution in [0.5, 0.6) is 0 Å². The van der Waals surface area contributed by atoms with Crippen molar-refractivity contribution in [3.05, 3.63) is 4.88 Å². The molecular formula is C12H19N3O2S2. The number of carbonyl (C=O) groups is 1. The zero-order valence-electron chi connectivity index (χ0n) is 11.1. The summed E-state index contributed by atoms with van der Waals surface area (Å²) in [5.41, 5.74) is 11.9. The van der Waals surface area contributed by atoms with Gasteiger partial charge in [-0.05, 0) is 12.7 Å². The van der Waals surface area contributed by atoms with E-state index in [1.165, 1.54) is 11.3 Å². The Morgan fingerprint density at radius 2 is 2.37 bits per heavy atom. The van der Waals surface area contributed by atoms with Gasteiger partial charge >= 0.3 is 0 Å². The molecule has 1 aromatic rings. The van der Waals surface area contributed by atoms with Gasteiger partial charge in [0, 0.05) is 13.1 Å². The van der Waals surface area contributed by atoms with Crippen molar-refractivity contribution in [2.45, 2.75) is 24.3 Å². The van der Waals surface area contributed by atoms with E-state index < -0.39 is 5.91 Å². The largest absolute Gasteiger partial charge is 0.396 e. The van der Waals surface area contributed by atoms with Gasteiger partial charge in [0.25, 0.3) is 5.91 Å². The van der Waals surface area contributed by atoms with E-state index in [9.17, 15) is 4.79 Å². The second kappa shape index (κ2) is 6.02. The van der Waals surface area contributed by atoms with Crippen LogP contribution in [0.25, 0.3) is 0 Å². The summed E-state index contributed by atoms with van der Waals surface area (Å²) >= 11 is 2.95. The van der Waals surface area contributed by atoms with Crippen molar-refractivity contribution in [1.29, 1.82) is 0 Å². The molecule has 1 fully saturated rings. The SMILES string of the molecule is CCC1CN(c2sc(C(N)=O)c(N)c2SC)CCO1. The minimum Gasteiger partial charge on any atom is -0.396 e. The van der Waals surface area contributed by atoms with Crippen molar-refractivity contribution in [3.63, 3.8) is 0 Å². The lowest BCUT2D eigenvalue weighted by Gasteiger charge is -2.33. The predicted octanol–water partition coefficient (Wildman–Crippen LogP) is 1.77. The molecule has 1 aromatic heterocycles. The van der Waals surface area contributed by atoms with Gasteiger partial charge in [-0.15, -0.1) is 23.1 Å². The van der Waals surface area contributed by atoms with Crippen LogP contribution in [0.15, 0.2) is 4.90 Å². The summed E-state index contributed by atoms with van der Waals surface area (Å²) in [6, 6.07) is 0. The average Bonchev–Trinajstić information content (AvgIpc) is 2.75. The second-order valence-corrected chi connectivity index (χ2v) is 6.21. The van der Waals surface area contributed by atoms with Crippen molar-refractivity contribution >= 4 is 39.7 Å². The minimum absolute atomic E-state index is 0.240. The lowest BCUT2D eigenvalue weighted by atomic mass is 10.2. The highest BCUT2D eigenvalue weighted by atomic mass is 32.2. The number of amides is 1. The van der Waals surface area contributed by atoms with Crippen LogP contribution in [-0.4, -0.2) is 38.0 Å². The summed E-state index contributed by atoms with van der Waals surface area (Å²) in [5.74, 6) is -0.454. The van der Waals surface area contributed by atoms with Gasteiger partial charge in [0.1, 0.15) is 9.88 Å². The fourth-order valence-electron chi connectivity index (χ4n) is 2.16. The molecule has 19 heavy (non-hydrogen) atoms. The molecule has 0 aliphatic carbocycles. The number of anilines is 2. The summed E-state index contributed by atoms with van der Waals surface area (Å²) in [5, 5.41) is 1.04. The number of rotatable bonds is 4. The van der Waals surface area contributed by atoms with E-state index in [2.05, 4.69) is 11.8 Å². The summed E-state index contributed by atoms with van der Waals surface area (Å²) < 4.78 is 5.67. The van der Waals surface area contributed by atoms with Crippen molar-refractivity contribution in [2.75, 3.05) is 36.6 Å². The standard InChI is InChI=1S/C12H19N3O2S2/c1-3-7-6-15(4-5-17-7)12-10(18-2)8(13)9(19-12)11(14)16/h7H,3-6,13H2,1-2H3,(H2,14,16). The first-order valence-corrected chi connectivity index (χ1v) is 8.25. The molecule has 2 heterocycles. The van der Waals surface area contributed by atoms with Crippen molar-refractivity contribution in [3.8, 4) is 0 Å². The number of thioether (sulfide) groups is 1. The fourth-order valence-corrected chi connectivity index (χ4v) is 4.22. The number of primary amides is 1. The van der Waals surface area contributed by atoms with E-state index in [0.29, 0.717) is 17.2 Å². The molecule has 1 aliphatic rings. The van der Waals surface area contributed by atoms with E-state index >= 15 is 0 Å². The molecule has 1 unspecified atom stereocenters. The number of ether oxygens (including phenoxy) is 1. The number of thiophene rings is 1. The molecule has 0 bridgehead atoms. The second-order valence-electron chi connectivity index (χ2n) is 4.39. The van der Waals surface area contributed by atoms with E-state index in [0.717, 1.165) is 29.4 Å². The molecule has 1 amide bonds. The molecule has 1 saturated heterocycles. The van der Waals surface area contributed by atoms with Gasteiger partial charge in [-0.2, -0.15) is 0 Å². The number of hydrogen-bond donors (Lipinski definition) is 2. The maximum absolute atomic E-state index is 11.4.